The largest absolute Gasteiger partial charge is 0.360 e. The zero-order valence-corrected chi connectivity index (χ0v) is 13.6. The molecule has 0 unspecified atom stereocenters. The summed E-state index contributed by atoms with van der Waals surface area (Å²) < 4.78 is 1.95. The summed E-state index contributed by atoms with van der Waals surface area (Å²) in [7, 11) is 0. The van der Waals surface area contributed by atoms with E-state index in [2.05, 4.69) is 36.8 Å². The number of carbonyl (C=O) groups is 1. The van der Waals surface area contributed by atoms with E-state index in [1.807, 2.05) is 23.2 Å². The summed E-state index contributed by atoms with van der Waals surface area (Å²) in [6.07, 6.45) is 5.28. The summed E-state index contributed by atoms with van der Waals surface area (Å²) in [6.45, 7) is 1.76. The highest BCUT2D eigenvalue weighted by molar-refractivity contribution is 9.13. The predicted molar refractivity (Wildman–Crippen MR) is 83.5 cm³/mol. The van der Waals surface area contributed by atoms with Crippen LogP contribution in [0.4, 0.5) is 0 Å². The van der Waals surface area contributed by atoms with E-state index in [-0.39, 0.29) is 5.91 Å². The van der Waals surface area contributed by atoms with Crippen molar-refractivity contribution in [2.75, 3.05) is 13.1 Å². The van der Waals surface area contributed by atoms with Gasteiger partial charge in [-0.15, -0.1) is 0 Å². The van der Waals surface area contributed by atoms with E-state index in [1.165, 1.54) is 6.42 Å². The first-order valence-electron chi connectivity index (χ1n) is 6.42. The van der Waals surface area contributed by atoms with E-state index >= 15 is 0 Å². The Bertz CT molecular complexity index is 630. The number of nitrogens with zero attached hydrogens (tertiary/aromatic N) is 1. The maximum Gasteiger partial charge on any atom is 0.256 e. The van der Waals surface area contributed by atoms with Gasteiger partial charge in [-0.25, -0.2) is 0 Å². The summed E-state index contributed by atoms with van der Waals surface area (Å²) in [6, 6.07) is 3.99. The Balaban J connectivity index is 2.00. The first-order valence-corrected chi connectivity index (χ1v) is 8.01. The van der Waals surface area contributed by atoms with Crippen LogP contribution in [0.15, 0.2) is 27.3 Å². The van der Waals surface area contributed by atoms with Gasteiger partial charge in [0.05, 0.1) is 5.56 Å². The zero-order chi connectivity index (χ0) is 13.4. The Labute approximate surface area is 128 Å². The summed E-state index contributed by atoms with van der Waals surface area (Å²) in [5.41, 5.74) is 1.75. The maximum absolute atomic E-state index is 12.5. The number of likely N-dealkylation sites (tertiary alicyclic amines) is 1. The Morgan fingerprint density at radius 3 is 2.53 bits per heavy atom. The number of aromatic amines is 1. The van der Waals surface area contributed by atoms with Gasteiger partial charge in [-0.3, -0.25) is 4.79 Å². The van der Waals surface area contributed by atoms with E-state index in [0.717, 1.165) is 51.3 Å². The second-order valence-electron chi connectivity index (χ2n) is 4.87. The Morgan fingerprint density at radius 2 is 1.79 bits per heavy atom. The van der Waals surface area contributed by atoms with Crippen molar-refractivity contribution in [3.63, 3.8) is 0 Å². The lowest BCUT2D eigenvalue weighted by Gasteiger charge is -2.26. The molecule has 0 bridgehead atoms. The highest BCUT2D eigenvalue weighted by atomic mass is 79.9. The van der Waals surface area contributed by atoms with Crippen LogP contribution in [0, 0.1) is 0 Å². The number of piperidine rings is 1. The van der Waals surface area contributed by atoms with Crippen LogP contribution >= 0.6 is 31.9 Å². The van der Waals surface area contributed by atoms with Crippen molar-refractivity contribution >= 4 is 48.7 Å². The van der Waals surface area contributed by atoms with Crippen molar-refractivity contribution in [2.45, 2.75) is 19.3 Å². The summed E-state index contributed by atoms with van der Waals surface area (Å²) in [5, 5.41) is 0.977. The van der Waals surface area contributed by atoms with E-state index in [9.17, 15) is 4.79 Å². The number of amides is 1. The van der Waals surface area contributed by atoms with Gasteiger partial charge in [0, 0.05) is 39.1 Å². The molecule has 0 aliphatic carbocycles. The molecule has 1 N–H and O–H groups in total. The highest BCUT2D eigenvalue weighted by Crippen LogP contribution is 2.30. The number of aromatic nitrogens is 1. The minimum atomic E-state index is 0.139. The van der Waals surface area contributed by atoms with Gasteiger partial charge in [0.15, 0.2) is 0 Å². The van der Waals surface area contributed by atoms with Crippen molar-refractivity contribution < 1.29 is 4.79 Å². The minimum absolute atomic E-state index is 0.139. The van der Waals surface area contributed by atoms with Crippen LogP contribution in [-0.4, -0.2) is 28.9 Å². The quantitative estimate of drug-likeness (QED) is 0.779. The lowest BCUT2D eigenvalue weighted by atomic mass is 10.1. The lowest BCUT2D eigenvalue weighted by molar-refractivity contribution is 0.0726. The third-order valence-electron chi connectivity index (χ3n) is 3.60. The van der Waals surface area contributed by atoms with Crippen molar-refractivity contribution in [3.8, 4) is 0 Å². The Morgan fingerprint density at radius 1 is 1.11 bits per heavy atom. The van der Waals surface area contributed by atoms with Crippen LogP contribution in [0.1, 0.15) is 29.6 Å². The summed E-state index contributed by atoms with van der Waals surface area (Å²) >= 11 is 6.97. The fourth-order valence-corrected chi connectivity index (χ4v) is 3.25. The van der Waals surface area contributed by atoms with Crippen LogP contribution < -0.4 is 0 Å². The average Bonchev–Trinajstić information content (AvgIpc) is 2.82. The number of hydrogen-bond acceptors (Lipinski definition) is 1. The van der Waals surface area contributed by atoms with Gasteiger partial charge in [0.2, 0.25) is 0 Å². The second-order valence-corrected chi connectivity index (χ2v) is 6.58. The molecular weight excluding hydrogens is 372 g/mol. The van der Waals surface area contributed by atoms with E-state index in [4.69, 9.17) is 0 Å². The van der Waals surface area contributed by atoms with Crippen LogP contribution in [0.5, 0.6) is 0 Å². The molecule has 3 rings (SSSR count). The van der Waals surface area contributed by atoms with E-state index < -0.39 is 0 Å². The molecule has 19 heavy (non-hydrogen) atoms. The fourth-order valence-electron chi connectivity index (χ4n) is 2.56. The van der Waals surface area contributed by atoms with Crippen molar-refractivity contribution in [2.24, 2.45) is 0 Å². The van der Waals surface area contributed by atoms with Gasteiger partial charge in [0.25, 0.3) is 5.91 Å². The summed E-state index contributed by atoms with van der Waals surface area (Å²) in [5.74, 6) is 0.139. The van der Waals surface area contributed by atoms with Gasteiger partial charge in [-0.1, -0.05) is 0 Å². The van der Waals surface area contributed by atoms with Gasteiger partial charge in [-0.05, 0) is 63.3 Å². The molecule has 1 amide bonds. The second kappa shape index (κ2) is 5.29. The molecule has 1 aromatic heterocycles. The lowest BCUT2D eigenvalue weighted by Crippen LogP contribution is -2.35. The number of fused-ring (bicyclic) bond motifs is 1. The average molecular weight is 386 g/mol. The molecule has 1 saturated heterocycles. The molecule has 1 aliphatic rings. The number of rotatable bonds is 1. The number of carbonyl (C=O) groups excluding carboxylic acids is 1. The van der Waals surface area contributed by atoms with E-state index in [1.54, 1.807) is 0 Å². The molecule has 0 atom stereocenters. The zero-order valence-electron chi connectivity index (χ0n) is 10.4. The van der Waals surface area contributed by atoms with Crippen LogP contribution in [0.3, 0.4) is 0 Å². The molecule has 3 nitrogen and oxygen atoms in total. The first kappa shape index (κ1) is 13.2. The number of benzene rings is 1. The predicted octanol–water partition coefficient (Wildman–Crippen LogP) is 4.32. The maximum atomic E-state index is 12.5. The molecule has 100 valence electrons. The van der Waals surface area contributed by atoms with Gasteiger partial charge in [0.1, 0.15) is 0 Å². The van der Waals surface area contributed by atoms with Crippen LogP contribution in [0.25, 0.3) is 10.9 Å². The van der Waals surface area contributed by atoms with Crippen molar-refractivity contribution in [3.05, 3.63) is 32.8 Å². The van der Waals surface area contributed by atoms with Gasteiger partial charge >= 0.3 is 0 Å². The third kappa shape index (κ3) is 2.46. The van der Waals surface area contributed by atoms with Crippen LogP contribution in [-0.2, 0) is 0 Å². The van der Waals surface area contributed by atoms with E-state index in [0.29, 0.717) is 0 Å². The van der Waals surface area contributed by atoms with Crippen molar-refractivity contribution in [1.29, 1.82) is 0 Å². The highest BCUT2D eigenvalue weighted by Gasteiger charge is 2.21. The molecule has 5 heteroatoms. The first-order chi connectivity index (χ1) is 9.16. The van der Waals surface area contributed by atoms with Gasteiger partial charge in [-0.2, -0.15) is 0 Å². The van der Waals surface area contributed by atoms with Crippen molar-refractivity contribution in [1.82, 2.24) is 9.88 Å². The molecule has 2 aromatic rings. The summed E-state index contributed by atoms with van der Waals surface area (Å²) in [4.78, 5) is 17.7. The molecule has 1 aromatic carbocycles. The molecule has 0 spiro atoms. The molecular formula is C14H14Br2N2O. The number of nitrogens with one attached hydrogen (secondary N) is 1. The topological polar surface area (TPSA) is 36.1 Å². The number of hydrogen-bond donors (Lipinski definition) is 1. The normalized spacial score (nSPS) is 16.0. The Hall–Kier alpha value is -0.810. The standard InChI is InChI=1S/C14H14Br2N2O/c15-11-6-9-10(8-17-13(9)7-12(11)16)14(19)18-4-2-1-3-5-18/h6-8,17H,1-5H2. The van der Waals surface area contributed by atoms with Crippen LogP contribution in [0.2, 0.25) is 0 Å². The molecule has 0 saturated carbocycles. The minimum Gasteiger partial charge on any atom is -0.360 e. The smallest absolute Gasteiger partial charge is 0.256 e. The number of H-pyrrole nitrogens is 1. The SMILES string of the molecule is O=C(c1c[nH]c2cc(Br)c(Br)cc12)N1CCCCC1. The van der Waals surface area contributed by atoms with Gasteiger partial charge < -0.3 is 9.88 Å². The molecule has 0 radical (unpaired) electrons. The fraction of sp³-hybridized carbons (Fsp3) is 0.357. The Kier molecular flexibility index (Phi) is 3.67. The number of halogens is 2. The third-order valence-corrected chi connectivity index (χ3v) is 5.44. The molecule has 1 aliphatic heterocycles. The molecule has 1 fully saturated rings. The molecule has 2 heterocycles. The monoisotopic (exact) mass is 384 g/mol.